The first-order chi connectivity index (χ1) is 9.52. The van der Waals surface area contributed by atoms with E-state index in [0.717, 1.165) is 5.56 Å². The van der Waals surface area contributed by atoms with Crippen molar-refractivity contribution in [3.63, 3.8) is 0 Å². The van der Waals surface area contributed by atoms with Crippen molar-refractivity contribution in [2.24, 2.45) is 0 Å². The maximum absolute atomic E-state index is 13.0. The van der Waals surface area contributed by atoms with Crippen molar-refractivity contribution >= 4 is 11.8 Å². The Labute approximate surface area is 118 Å². The van der Waals surface area contributed by atoms with E-state index in [-0.39, 0.29) is 23.7 Å². The fourth-order valence-corrected chi connectivity index (χ4v) is 2.44. The van der Waals surface area contributed by atoms with Gasteiger partial charge in [-0.25, -0.2) is 4.39 Å². The number of rotatable bonds is 3. The number of carbonyl (C=O) groups excluding carboxylic acids is 2. The predicted molar refractivity (Wildman–Crippen MR) is 73.4 cm³/mol. The number of amides is 2. The molecule has 1 heterocycles. The first-order valence-corrected chi connectivity index (χ1v) is 6.88. The highest BCUT2D eigenvalue weighted by molar-refractivity contribution is 5.90. The minimum absolute atomic E-state index is 0.0739. The van der Waals surface area contributed by atoms with Crippen LogP contribution >= 0.6 is 0 Å². The van der Waals surface area contributed by atoms with Gasteiger partial charge in [0, 0.05) is 13.0 Å². The van der Waals surface area contributed by atoms with Gasteiger partial charge >= 0.3 is 0 Å². The summed E-state index contributed by atoms with van der Waals surface area (Å²) in [4.78, 5) is 25.7. The molecule has 0 radical (unpaired) electrons. The molecule has 5 heteroatoms. The standard InChI is InChI=1S/C15H19FN2O2/c1-3-13-15(20)18(9-8-14(19)17-13)10(2)11-4-6-12(16)7-5-11/h4-7,10,13H,3,8-9H2,1-2H3,(H,17,19). The van der Waals surface area contributed by atoms with E-state index in [1.165, 1.54) is 12.1 Å². The van der Waals surface area contributed by atoms with Gasteiger partial charge in [0.25, 0.3) is 0 Å². The summed E-state index contributed by atoms with van der Waals surface area (Å²) in [5.74, 6) is -0.472. The van der Waals surface area contributed by atoms with Crippen LogP contribution in [0.3, 0.4) is 0 Å². The summed E-state index contributed by atoms with van der Waals surface area (Å²) in [6.45, 7) is 4.16. The van der Waals surface area contributed by atoms with Crippen LogP contribution < -0.4 is 5.32 Å². The molecular weight excluding hydrogens is 259 g/mol. The summed E-state index contributed by atoms with van der Waals surface area (Å²) >= 11 is 0. The zero-order valence-electron chi connectivity index (χ0n) is 11.7. The van der Waals surface area contributed by atoms with Crippen LogP contribution in [0, 0.1) is 5.82 Å². The molecule has 1 aromatic rings. The number of hydrogen-bond donors (Lipinski definition) is 1. The van der Waals surface area contributed by atoms with Gasteiger partial charge in [-0.3, -0.25) is 9.59 Å². The molecule has 0 bridgehead atoms. The largest absolute Gasteiger partial charge is 0.344 e. The van der Waals surface area contributed by atoms with Crippen LogP contribution in [0.2, 0.25) is 0 Å². The normalized spacial score (nSPS) is 21.4. The lowest BCUT2D eigenvalue weighted by atomic mass is 10.1. The Balaban J connectivity index is 2.22. The smallest absolute Gasteiger partial charge is 0.245 e. The highest BCUT2D eigenvalue weighted by Crippen LogP contribution is 2.23. The summed E-state index contributed by atoms with van der Waals surface area (Å²) in [6, 6.07) is 5.48. The second-order valence-electron chi connectivity index (χ2n) is 5.04. The Morgan fingerprint density at radius 1 is 1.35 bits per heavy atom. The lowest BCUT2D eigenvalue weighted by Crippen LogP contribution is -2.45. The maximum Gasteiger partial charge on any atom is 0.245 e. The van der Waals surface area contributed by atoms with E-state index in [0.29, 0.717) is 19.4 Å². The monoisotopic (exact) mass is 278 g/mol. The molecule has 1 aromatic carbocycles. The average molecular weight is 278 g/mol. The molecule has 1 N–H and O–H groups in total. The van der Waals surface area contributed by atoms with E-state index in [1.807, 2.05) is 13.8 Å². The average Bonchev–Trinajstić information content (AvgIpc) is 2.58. The molecule has 2 atom stereocenters. The van der Waals surface area contributed by atoms with E-state index in [4.69, 9.17) is 0 Å². The van der Waals surface area contributed by atoms with Crippen LogP contribution in [0.4, 0.5) is 4.39 Å². The third kappa shape index (κ3) is 2.98. The molecule has 1 aliphatic rings. The third-order valence-corrected chi connectivity index (χ3v) is 3.72. The molecule has 0 aromatic heterocycles. The van der Waals surface area contributed by atoms with Gasteiger partial charge in [-0.15, -0.1) is 0 Å². The lowest BCUT2D eigenvalue weighted by Gasteiger charge is -2.30. The van der Waals surface area contributed by atoms with Gasteiger partial charge in [0.1, 0.15) is 11.9 Å². The maximum atomic E-state index is 13.0. The van der Waals surface area contributed by atoms with E-state index >= 15 is 0 Å². The van der Waals surface area contributed by atoms with Crippen molar-refractivity contribution in [3.05, 3.63) is 35.6 Å². The second-order valence-corrected chi connectivity index (χ2v) is 5.04. The minimum atomic E-state index is -0.465. The van der Waals surface area contributed by atoms with E-state index in [2.05, 4.69) is 5.32 Å². The van der Waals surface area contributed by atoms with E-state index in [1.54, 1.807) is 17.0 Å². The Hall–Kier alpha value is -1.91. The molecule has 1 saturated heterocycles. The van der Waals surface area contributed by atoms with Gasteiger partial charge in [-0.2, -0.15) is 0 Å². The quantitative estimate of drug-likeness (QED) is 0.919. The summed E-state index contributed by atoms with van der Waals surface area (Å²) < 4.78 is 13.0. The van der Waals surface area contributed by atoms with Gasteiger partial charge in [0.05, 0.1) is 6.04 Å². The number of benzene rings is 1. The Kier molecular flexibility index (Phi) is 4.37. The minimum Gasteiger partial charge on any atom is -0.344 e. The van der Waals surface area contributed by atoms with Crippen molar-refractivity contribution in [1.82, 2.24) is 10.2 Å². The zero-order valence-corrected chi connectivity index (χ0v) is 11.7. The van der Waals surface area contributed by atoms with Crippen LogP contribution in [-0.4, -0.2) is 29.3 Å². The predicted octanol–water partition coefficient (Wildman–Crippen LogP) is 2.01. The fraction of sp³-hybridized carbons (Fsp3) is 0.467. The van der Waals surface area contributed by atoms with Crippen LogP contribution in [0.1, 0.15) is 38.3 Å². The van der Waals surface area contributed by atoms with Crippen molar-refractivity contribution in [3.8, 4) is 0 Å². The van der Waals surface area contributed by atoms with E-state index in [9.17, 15) is 14.0 Å². The summed E-state index contributed by atoms with van der Waals surface area (Å²) in [5, 5.41) is 2.73. The van der Waals surface area contributed by atoms with Gasteiger partial charge < -0.3 is 10.2 Å². The van der Waals surface area contributed by atoms with Gasteiger partial charge in [0.15, 0.2) is 0 Å². The number of carbonyl (C=O) groups is 2. The Bertz CT molecular complexity index is 501. The first-order valence-electron chi connectivity index (χ1n) is 6.88. The molecule has 4 nitrogen and oxygen atoms in total. The van der Waals surface area contributed by atoms with Gasteiger partial charge in [-0.05, 0) is 31.0 Å². The zero-order chi connectivity index (χ0) is 14.7. The molecule has 2 amide bonds. The molecule has 0 aliphatic carbocycles. The van der Waals surface area contributed by atoms with Crippen molar-refractivity contribution in [2.75, 3.05) is 6.54 Å². The highest BCUT2D eigenvalue weighted by atomic mass is 19.1. The van der Waals surface area contributed by atoms with Crippen LogP contribution in [0.15, 0.2) is 24.3 Å². The highest BCUT2D eigenvalue weighted by Gasteiger charge is 2.31. The van der Waals surface area contributed by atoms with Crippen LogP contribution in [-0.2, 0) is 9.59 Å². The summed E-state index contributed by atoms with van der Waals surface area (Å²) in [6.07, 6.45) is 0.866. The van der Waals surface area contributed by atoms with Crippen molar-refractivity contribution in [2.45, 2.75) is 38.8 Å². The van der Waals surface area contributed by atoms with E-state index < -0.39 is 6.04 Å². The number of halogens is 1. The summed E-state index contributed by atoms with van der Waals surface area (Å²) in [7, 11) is 0. The molecular formula is C15H19FN2O2. The molecule has 1 fully saturated rings. The number of nitrogens with one attached hydrogen (secondary N) is 1. The van der Waals surface area contributed by atoms with Crippen molar-refractivity contribution in [1.29, 1.82) is 0 Å². The molecule has 1 aliphatic heterocycles. The summed E-state index contributed by atoms with van der Waals surface area (Å²) in [5.41, 5.74) is 0.865. The first kappa shape index (κ1) is 14.5. The molecule has 2 unspecified atom stereocenters. The van der Waals surface area contributed by atoms with Gasteiger partial charge in [-0.1, -0.05) is 19.1 Å². The third-order valence-electron chi connectivity index (χ3n) is 3.72. The molecule has 20 heavy (non-hydrogen) atoms. The number of nitrogens with zero attached hydrogens (tertiary/aromatic N) is 1. The lowest BCUT2D eigenvalue weighted by molar-refractivity contribution is -0.135. The van der Waals surface area contributed by atoms with Gasteiger partial charge in [0.2, 0.25) is 11.8 Å². The Morgan fingerprint density at radius 3 is 2.60 bits per heavy atom. The molecule has 2 rings (SSSR count). The Morgan fingerprint density at radius 2 is 2.00 bits per heavy atom. The number of hydrogen-bond acceptors (Lipinski definition) is 2. The fourth-order valence-electron chi connectivity index (χ4n) is 2.44. The topological polar surface area (TPSA) is 49.4 Å². The van der Waals surface area contributed by atoms with Crippen molar-refractivity contribution < 1.29 is 14.0 Å². The molecule has 0 saturated carbocycles. The molecule has 108 valence electrons. The van der Waals surface area contributed by atoms with Crippen LogP contribution in [0.5, 0.6) is 0 Å². The van der Waals surface area contributed by atoms with Crippen LogP contribution in [0.25, 0.3) is 0 Å². The molecule has 0 spiro atoms. The SMILES string of the molecule is CCC1NC(=O)CCN(C(C)c2ccc(F)cc2)C1=O. The second kappa shape index (κ2) is 6.03.